The van der Waals surface area contributed by atoms with Crippen LogP contribution in [-0.4, -0.2) is 23.5 Å². The van der Waals surface area contributed by atoms with Crippen LogP contribution in [0.1, 0.15) is 38.2 Å². The Bertz CT molecular complexity index is 781. The highest BCUT2D eigenvalue weighted by Gasteiger charge is 2.43. The molecule has 24 heavy (non-hydrogen) atoms. The second kappa shape index (κ2) is 6.27. The molecule has 2 N–H and O–H groups in total. The molecule has 1 amide bonds. The molecule has 1 aliphatic carbocycles. The first-order chi connectivity index (χ1) is 11.4. The predicted molar refractivity (Wildman–Crippen MR) is 93.8 cm³/mol. The van der Waals surface area contributed by atoms with Crippen molar-refractivity contribution in [3.05, 3.63) is 48.0 Å². The molecule has 2 unspecified atom stereocenters. The van der Waals surface area contributed by atoms with Crippen LogP contribution in [0.3, 0.4) is 0 Å². The minimum absolute atomic E-state index is 0.0131. The Hall–Kier alpha value is -2.36. The number of carboxylic acids is 1. The van der Waals surface area contributed by atoms with Crippen LogP contribution < -0.4 is 5.32 Å². The average Bonchev–Trinajstić information content (AvgIpc) is 3.34. The van der Waals surface area contributed by atoms with E-state index in [-0.39, 0.29) is 17.7 Å². The number of carbonyl (C=O) groups is 2. The molecule has 3 rings (SSSR count). The quantitative estimate of drug-likeness (QED) is 0.853. The molecular formula is C20H23NO3. The molecule has 4 nitrogen and oxygen atoms in total. The lowest BCUT2D eigenvalue weighted by atomic mass is 9.90. The van der Waals surface area contributed by atoms with Crippen molar-refractivity contribution in [3.8, 4) is 0 Å². The molecule has 0 saturated heterocycles. The molecule has 1 aliphatic rings. The SMILES string of the molecule is CC(C)(CCNC(=O)C1CC1c1ccc2ccccc2c1)C(=O)O. The summed E-state index contributed by atoms with van der Waals surface area (Å²) in [5, 5.41) is 14.4. The van der Waals surface area contributed by atoms with E-state index >= 15 is 0 Å². The van der Waals surface area contributed by atoms with Gasteiger partial charge < -0.3 is 10.4 Å². The van der Waals surface area contributed by atoms with E-state index in [2.05, 4.69) is 35.6 Å². The number of hydrogen-bond donors (Lipinski definition) is 2. The predicted octanol–water partition coefficient (Wildman–Crippen LogP) is 3.56. The van der Waals surface area contributed by atoms with Gasteiger partial charge in [0.05, 0.1) is 5.41 Å². The van der Waals surface area contributed by atoms with E-state index in [1.807, 2.05) is 12.1 Å². The Balaban J connectivity index is 1.56. The lowest BCUT2D eigenvalue weighted by molar-refractivity contribution is -0.147. The van der Waals surface area contributed by atoms with Crippen molar-refractivity contribution in [2.24, 2.45) is 11.3 Å². The zero-order valence-corrected chi connectivity index (χ0v) is 14.1. The molecule has 2 atom stereocenters. The molecule has 0 aliphatic heterocycles. The highest BCUT2D eigenvalue weighted by molar-refractivity contribution is 5.85. The van der Waals surface area contributed by atoms with Crippen LogP contribution in [0.4, 0.5) is 0 Å². The Morgan fingerprint density at radius 3 is 2.58 bits per heavy atom. The van der Waals surface area contributed by atoms with Crippen molar-refractivity contribution in [1.82, 2.24) is 5.32 Å². The van der Waals surface area contributed by atoms with E-state index in [1.165, 1.54) is 16.3 Å². The number of fused-ring (bicyclic) bond motifs is 1. The fourth-order valence-corrected chi connectivity index (χ4v) is 3.03. The summed E-state index contributed by atoms with van der Waals surface area (Å²) in [5.41, 5.74) is 0.397. The van der Waals surface area contributed by atoms with Gasteiger partial charge in [-0.25, -0.2) is 0 Å². The third kappa shape index (κ3) is 3.42. The number of benzene rings is 2. The normalized spacial score (nSPS) is 19.9. The van der Waals surface area contributed by atoms with Gasteiger partial charge in [-0.1, -0.05) is 42.5 Å². The summed E-state index contributed by atoms with van der Waals surface area (Å²) < 4.78 is 0. The summed E-state index contributed by atoms with van der Waals surface area (Å²) in [6.07, 6.45) is 1.30. The average molecular weight is 325 g/mol. The van der Waals surface area contributed by atoms with Crippen LogP contribution in [0.2, 0.25) is 0 Å². The number of amides is 1. The first-order valence-corrected chi connectivity index (χ1v) is 8.38. The number of rotatable bonds is 6. The largest absolute Gasteiger partial charge is 0.481 e. The Labute approximate surface area is 141 Å². The van der Waals surface area contributed by atoms with Gasteiger partial charge in [-0.2, -0.15) is 0 Å². The summed E-state index contributed by atoms with van der Waals surface area (Å²) in [5.74, 6) is -0.507. The molecule has 2 aromatic rings. The Morgan fingerprint density at radius 2 is 1.88 bits per heavy atom. The topological polar surface area (TPSA) is 66.4 Å². The zero-order chi connectivity index (χ0) is 17.3. The maximum atomic E-state index is 12.2. The van der Waals surface area contributed by atoms with E-state index in [1.54, 1.807) is 13.8 Å². The number of carboxylic acid groups (broad SMARTS) is 1. The second-order valence-corrected chi connectivity index (χ2v) is 7.29. The highest BCUT2D eigenvalue weighted by atomic mass is 16.4. The summed E-state index contributed by atoms with van der Waals surface area (Å²) in [6, 6.07) is 14.6. The molecule has 2 aromatic carbocycles. The third-order valence-electron chi connectivity index (χ3n) is 4.96. The molecule has 0 aromatic heterocycles. The maximum Gasteiger partial charge on any atom is 0.309 e. The van der Waals surface area contributed by atoms with Gasteiger partial charge in [-0.05, 0) is 48.9 Å². The first kappa shape index (κ1) is 16.5. The van der Waals surface area contributed by atoms with Crippen molar-refractivity contribution in [1.29, 1.82) is 0 Å². The fraction of sp³-hybridized carbons (Fsp3) is 0.400. The first-order valence-electron chi connectivity index (χ1n) is 8.38. The summed E-state index contributed by atoms with van der Waals surface area (Å²) >= 11 is 0. The fourth-order valence-electron chi connectivity index (χ4n) is 3.03. The standard InChI is InChI=1S/C20H23NO3/c1-20(2,19(23)24)9-10-21-18(22)17-12-16(17)15-8-7-13-5-3-4-6-14(13)11-15/h3-8,11,16-17H,9-10,12H2,1-2H3,(H,21,22)(H,23,24). The van der Waals surface area contributed by atoms with E-state index < -0.39 is 11.4 Å². The smallest absolute Gasteiger partial charge is 0.309 e. The van der Waals surface area contributed by atoms with Crippen LogP contribution in [0, 0.1) is 11.3 Å². The van der Waals surface area contributed by atoms with Crippen LogP contribution >= 0.6 is 0 Å². The van der Waals surface area contributed by atoms with Gasteiger partial charge in [0, 0.05) is 12.5 Å². The zero-order valence-electron chi connectivity index (χ0n) is 14.1. The molecule has 1 saturated carbocycles. The summed E-state index contributed by atoms with van der Waals surface area (Å²) in [7, 11) is 0. The molecule has 0 spiro atoms. The van der Waals surface area contributed by atoms with Crippen LogP contribution in [0.5, 0.6) is 0 Å². The second-order valence-electron chi connectivity index (χ2n) is 7.29. The number of hydrogen-bond acceptors (Lipinski definition) is 2. The van der Waals surface area contributed by atoms with Crippen molar-refractivity contribution in [2.45, 2.75) is 32.6 Å². The van der Waals surface area contributed by atoms with Crippen LogP contribution in [0.15, 0.2) is 42.5 Å². The summed E-state index contributed by atoms with van der Waals surface area (Å²) in [4.78, 5) is 23.3. The Morgan fingerprint density at radius 1 is 1.17 bits per heavy atom. The van der Waals surface area contributed by atoms with E-state index in [0.717, 1.165) is 6.42 Å². The van der Waals surface area contributed by atoms with Crippen molar-refractivity contribution in [2.75, 3.05) is 6.54 Å². The number of nitrogens with one attached hydrogen (secondary N) is 1. The van der Waals surface area contributed by atoms with Gasteiger partial charge in [0.2, 0.25) is 5.91 Å². The lowest BCUT2D eigenvalue weighted by Gasteiger charge is -2.18. The molecule has 1 fully saturated rings. The molecule has 0 bridgehead atoms. The third-order valence-corrected chi connectivity index (χ3v) is 4.96. The molecule has 0 heterocycles. The molecule has 126 valence electrons. The minimum Gasteiger partial charge on any atom is -0.481 e. The van der Waals surface area contributed by atoms with Gasteiger partial charge in [0.15, 0.2) is 0 Å². The van der Waals surface area contributed by atoms with Crippen molar-refractivity contribution in [3.63, 3.8) is 0 Å². The van der Waals surface area contributed by atoms with E-state index in [4.69, 9.17) is 5.11 Å². The van der Waals surface area contributed by atoms with Crippen molar-refractivity contribution >= 4 is 22.6 Å². The molecular weight excluding hydrogens is 302 g/mol. The lowest BCUT2D eigenvalue weighted by Crippen LogP contribution is -2.32. The summed E-state index contributed by atoms with van der Waals surface area (Å²) in [6.45, 7) is 3.76. The van der Waals surface area contributed by atoms with Crippen LogP contribution in [0.25, 0.3) is 10.8 Å². The van der Waals surface area contributed by atoms with Crippen LogP contribution in [-0.2, 0) is 9.59 Å². The van der Waals surface area contributed by atoms with Gasteiger partial charge in [-0.15, -0.1) is 0 Å². The minimum atomic E-state index is -0.836. The molecule has 4 heteroatoms. The van der Waals surface area contributed by atoms with Gasteiger partial charge in [0.25, 0.3) is 0 Å². The van der Waals surface area contributed by atoms with E-state index in [9.17, 15) is 9.59 Å². The number of carbonyl (C=O) groups excluding carboxylic acids is 1. The monoisotopic (exact) mass is 325 g/mol. The maximum absolute atomic E-state index is 12.2. The van der Waals surface area contributed by atoms with Gasteiger partial charge in [0.1, 0.15) is 0 Å². The van der Waals surface area contributed by atoms with E-state index in [0.29, 0.717) is 13.0 Å². The Kier molecular flexibility index (Phi) is 4.31. The van der Waals surface area contributed by atoms with Gasteiger partial charge in [-0.3, -0.25) is 9.59 Å². The molecule has 0 radical (unpaired) electrons. The highest BCUT2D eigenvalue weighted by Crippen LogP contribution is 2.48. The van der Waals surface area contributed by atoms with Gasteiger partial charge >= 0.3 is 5.97 Å². The number of aliphatic carboxylic acids is 1. The van der Waals surface area contributed by atoms with Crippen molar-refractivity contribution < 1.29 is 14.7 Å².